The van der Waals surface area contributed by atoms with Gasteiger partial charge in [0.2, 0.25) is 0 Å². The minimum Gasteiger partial charge on any atom is -0.365 e. The van der Waals surface area contributed by atoms with E-state index in [1.165, 1.54) is 0 Å². The number of amides is 1. The average Bonchev–Trinajstić information content (AvgIpc) is 1.62. The second kappa shape index (κ2) is 2.16. The molecule has 0 aliphatic rings. The molecule has 0 radical (unpaired) electrons. The first kappa shape index (κ1) is 8.12. The van der Waals surface area contributed by atoms with Gasteiger partial charge >= 0.3 is 0 Å². The zero-order valence-corrected chi connectivity index (χ0v) is 5.18. The van der Waals surface area contributed by atoms with E-state index in [4.69, 9.17) is 4.55 Å². The molecule has 0 saturated carbocycles. The highest BCUT2D eigenvalue weighted by Gasteiger charge is 2.15. The maximum atomic E-state index is 9.93. The number of nitrogens with two attached hydrogens (primary N) is 1. The van der Waals surface area contributed by atoms with E-state index in [0.29, 0.717) is 0 Å². The van der Waals surface area contributed by atoms with E-state index < -0.39 is 20.9 Å². The summed E-state index contributed by atoms with van der Waals surface area (Å²) >= 11 is 0. The number of hydrogen-bond donors (Lipinski definition) is 2. The number of rotatable bonds is 2. The highest BCUT2D eigenvalue weighted by atomic mass is 32.2. The van der Waals surface area contributed by atoms with E-state index >= 15 is 0 Å². The van der Waals surface area contributed by atoms with Crippen molar-refractivity contribution in [2.75, 3.05) is 0 Å². The zero-order chi connectivity index (χ0) is 7.65. The summed E-state index contributed by atoms with van der Waals surface area (Å²) in [5.74, 6) is -1.25. The van der Waals surface area contributed by atoms with Gasteiger partial charge in [-0.25, -0.2) is 0 Å². The van der Waals surface area contributed by atoms with E-state index in [1.807, 2.05) is 0 Å². The molecule has 5 nitrogen and oxygen atoms in total. The van der Waals surface area contributed by atoms with Crippen LogP contribution in [0, 0.1) is 0 Å². The normalized spacial score (nSPS) is 10.8. The predicted molar refractivity (Wildman–Crippen MR) is 29.9 cm³/mol. The van der Waals surface area contributed by atoms with Crippen LogP contribution in [-0.2, 0) is 14.9 Å². The van der Waals surface area contributed by atoms with Crippen LogP contribution in [0.3, 0.4) is 0 Å². The van der Waals surface area contributed by atoms with Crippen LogP contribution < -0.4 is 5.73 Å². The molecular weight excluding hydrogens is 146 g/mol. The fourth-order valence-electron chi connectivity index (χ4n) is 0.127. The molecule has 52 valence electrons. The van der Waals surface area contributed by atoms with Crippen molar-refractivity contribution in [3.8, 4) is 0 Å². The van der Waals surface area contributed by atoms with Crippen molar-refractivity contribution in [3.63, 3.8) is 0 Å². The molecule has 0 atom stereocenters. The Kier molecular flexibility index (Phi) is 1.95. The van der Waals surface area contributed by atoms with Gasteiger partial charge in [0.25, 0.3) is 16.0 Å². The van der Waals surface area contributed by atoms with Crippen molar-refractivity contribution in [2.24, 2.45) is 5.73 Å². The summed E-state index contributed by atoms with van der Waals surface area (Å²) in [5, 5.41) is 0. The third-order valence-corrected chi connectivity index (χ3v) is 1.41. The molecule has 0 aliphatic carbocycles. The maximum Gasteiger partial charge on any atom is 0.299 e. The highest BCUT2D eigenvalue weighted by molar-refractivity contribution is 7.90. The van der Waals surface area contributed by atoms with Crippen LogP contribution in [0.5, 0.6) is 0 Å². The zero-order valence-electron chi connectivity index (χ0n) is 4.36. The molecule has 0 unspecified atom stereocenters. The van der Waals surface area contributed by atoms with Gasteiger partial charge in [0.05, 0.1) is 0 Å². The Morgan fingerprint density at radius 3 is 1.89 bits per heavy atom. The Bertz CT molecular complexity index is 239. The van der Waals surface area contributed by atoms with Gasteiger partial charge in [0.1, 0.15) is 0 Å². The summed E-state index contributed by atoms with van der Waals surface area (Å²) in [7, 11) is -4.47. The Labute approximate surface area is 51.9 Å². The number of carbonyl (C=O) groups is 1. The van der Waals surface area contributed by atoms with Gasteiger partial charge in [-0.05, 0) is 0 Å². The van der Waals surface area contributed by atoms with Gasteiger partial charge in [-0.15, -0.1) is 0 Å². The molecule has 0 fully saturated rings. The van der Waals surface area contributed by atoms with E-state index in [1.54, 1.807) is 0 Å². The third-order valence-electron chi connectivity index (χ3n) is 0.586. The summed E-state index contributed by atoms with van der Waals surface area (Å²) in [6.07, 6.45) is 0. The van der Waals surface area contributed by atoms with Gasteiger partial charge in [0, 0.05) is 0 Å². The maximum absolute atomic E-state index is 9.93. The quantitative estimate of drug-likeness (QED) is 0.385. The van der Waals surface area contributed by atoms with Crippen molar-refractivity contribution in [2.45, 2.75) is 0 Å². The van der Waals surface area contributed by atoms with Crippen LogP contribution in [0.4, 0.5) is 0 Å². The van der Waals surface area contributed by atoms with Crippen molar-refractivity contribution in [3.05, 3.63) is 11.5 Å². The molecule has 0 aromatic rings. The Balaban J connectivity index is 4.66. The highest BCUT2D eigenvalue weighted by Crippen LogP contribution is 1.96. The molecule has 0 heterocycles. The van der Waals surface area contributed by atoms with Crippen molar-refractivity contribution in [1.29, 1.82) is 0 Å². The monoisotopic (exact) mass is 151 g/mol. The van der Waals surface area contributed by atoms with Crippen LogP contribution >= 0.6 is 0 Å². The van der Waals surface area contributed by atoms with Gasteiger partial charge in [0.15, 0.2) is 4.91 Å². The lowest BCUT2D eigenvalue weighted by Gasteiger charge is -1.91. The second-order valence-corrected chi connectivity index (χ2v) is 2.71. The molecule has 6 heteroatoms. The fraction of sp³-hybridized carbons (Fsp3) is 0. The molecule has 1 amide bonds. The van der Waals surface area contributed by atoms with E-state index in [9.17, 15) is 13.2 Å². The summed E-state index contributed by atoms with van der Waals surface area (Å²) in [5.41, 5.74) is 4.44. The van der Waals surface area contributed by atoms with Gasteiger partial charge in [-0.2, -0.15) is 8.42 Å². The van der Waals surface area contributed by atoms with Gasteiger partial charge in [-0.1, -0.05) is 6.58 Å². The van der Waals surface area contributed by atoms with Crippen LogP contribution in [0.15, 0.2) is 11.5 Å². The van der Waals surface area contributed by atoms with Crippen molar-refractivity contribution in [1.82, 2.24) is 0 Å². The first-order chi connectivity index (χ1) is 3.85. The summed E-state index contributed by atoms with van der Waals surface area (Å²) in [4.78, 5) is 8.93. The Morgan fingerprint density at radius 1 is 1.56 bits per heavy atom. The molecule has 0 saturated heterocycles. The molecule has 3 N–H and O–H groups in total. The van der Waals surface area contributed by atoms with Crippen LogP contribution in [0.2, 0.25) is 0 Å². The lowest BCUT2D eigenvalue weighted by atomic mass is 10.6. The molecule has 0 bridgehead atoms. The number of primary amides is 1. The molecule has 0 aliphatic heterocycles. The Hall–Kier alpha value is -0.880. The summed E-state index contributed by atoms with van der Waals surface area (Å²) in [6, 6.07) is 0. The first-order valence-corrected chi connectivity index (χ1v) is 3.26. The second-order valence-electron chi connectivity index (χ2n) is 1.26. The molecule has 0 aromatic heterocycles. The number of hydrogen-bond acceptors (Lipinski definition) is 3. The van der Waals surface area contributed by atoms with Crippen LogP contribution in [-0.4, -0.2) is 18.9 Å². The predicted octanol–water partition coefficient (Wildman–Crippen LogP) is -1.13. The van der Waals surface area contributed by atoms with E-state index in [2.05, 4.69) is 12.3 Å². The first-order valence-electron chi connectivity index (χ1n) is 1.82. The average molecular weight is 151 g/mol. The fourth-order valence-corrected chi connectivity index (χ4v) is 0.381. The van der Waals surface area contributed by atoms with E-state index in [-0.39, 0.29) is 0 Å². The standard InChI is InChI=1S/C3H5NO4S/c1-2(3(4)5)9(6,7)8/h1H2,(H2,4,5)(H,6,7,8). The number of carbonyl (C=O) groups excluding carboxylic acids is 1. The van der Waals surface area contributed by atoms with Crippen LogP contribution in [0.1, 0.15) is 0 Å². The van der Waals surface area contributed by atoms with Crippen LogP contribution in [0.25, 0.3) is 0 Å². The minimum atomic E-state index is -4.47. The third kappa shape index (κ3) is 2.24. The topological polar surface area (TPSA) is 97.5 Å². The van der Waals surface area contributed by atoms with Gasteiger partial charge < -0.3 is 5.73 Å². The summed E-state index contributed by atoms with van der Waals surface area (Å²) < 4.78 is 27.9. The van der Waals surface area contributed by atoms with Crippen molar-refractivity contribution < 1.29 is 17.8 Å². The minimum absolute atomic E-state index is 0.998. The molecule has 0 rings (SSSR count). The SMILES string of the molecule is C=C(C(N)=O)S(=O)(=O)O. The lowest BCUT2D eigenvalue weighted by Crippen LogP contribution is -2.19. The smallest absolute Gasteiger partial charge is 0.299 e. The summed E-state index contributed by atoms with van der Waals surface area (Å²) in [6.45, 7) is 2.71. The molecule has 0 aromatic carbocycles. The largest absolute Gasteiger partial charge is 0.365 e. The Morgan fingerprint density at radius 2 is 1.89 bits per heavy atom. The van der Waals surface area contributed by atoms with Gasteiger partial charge in [-0.3, -0.25) is 9.35 Å². The molecular formula is C3H5NO4S. The van der Waals surface area contributed by atoms with Crippen molar-refractivity contribution >= 4 is 16.0 Å². The molecule has 9 heavy (non-hydrogen) atoms. The molecule has 0 spiro atoms. The lowest BCUT2D eigenvalue weighted by molar-refractivity contribution is -0.113. The van der Waals surface area contributed by atoms with E-state index in [0.717, 1.165) is 0 Å².